The average Bonchev–Trinajstić information content (AvgIpc) is 2.59. The van der Waals surface area contributed by atoms with Gasteiger partial charge in [0.2, 0.25) is 0 Å². The van der Waals surface area contributed by atoms with Crippen molar-refractivity contribution in [3.8, 4) is 0 Å². The van der Waals surface area contributed by atoms with Crippen LogP contribution in [0.3, 0.4) is 0 Å². The maximum absolute atomic E-state index is 12.8. The third kappa shape index (κ3) is 3.12. The van der Waals surface area contributed by atoms with Crippen LogP contribution in [0.5, 0.6) is 0 Å². The van der Waals surface area contributed by atoms with E-state index in [2.05, 4.69) is 10.00 Å². The highest BCUT2D eigenvalue weighted by molar-refractivity contribution is 5.42. The Morgan fingerprint density at radius 2 is 1.89 bits per heavy atom. The summed E-state index contributed by atoms with van der Waals surface area (Å²) in [6.07, 6.45) is 0. The van der Waals surface area contributed by atoms with E-state index in [-0.39, 0.29) is 5.82 Å². The van der Waals surface area contributed by atoms with Crippen LogP contribution in [0.2, 0.25) is 0 Å². The van der Waals surface area contributed by atoms with Gasteiger partial charge in [-0.15, -0.1) is 0 Å². The molecule has 1 heterocycles. The van der Waals surface area contributed by atoms with Gasteiger partial charge in [0, 0.05) is 25.7 Å². The molecular formula is C14H19FN4. The molecule has 0 aliphatic heterocycles. The number of benzene rings is 1. The molecule has 0 spiro atoms. The van der Waals surface area contributed by atoms with Crippen molar-refractivity contribution >= 4 is 5.82 Å². The predicted molar refractivity (Wildman–Crippen MR) is 73.9 cm³/mol. The molecule has 0 saturated carbocycles. The van der Waals surface area contributed by atoms with Crippen LogP contribution in [0.25, 0.3) is 0 Å². The van der Waals surface area contributed by atoms with Crippen molar-refractivity contribution in [3.05, 3.63) is 46.9 Å². The van der Waals surface area contributed by atoms with E-state index in [1.165, 1.54) is 12.1 Å². The van der Waals surface area contributed by atoms with Gasteiger partial charge in [-0.3, -0.25) is 9.58 Å². The molecule has 0 fully saturated rings. The molecule has 0 atom stereocenters. The molecule has 0 radical (unpaired) electrons. The van der Waals surface area contributed by atoms with Crippen molar-refractivity contribution in [1.29, 1.82) is 0 Å². The van der Waals surface area contributed by atoms with Crippen LogP contribution in [-0.2, 0) is 20.1 Å². The second kappa shape index (κ2) is 5.40. The van der Waals surface area contributed by atoms with E-state index in [4.69, 9.17) is 5.73 Å². The first kappa shape index (κ1) is 13.5. The number of aryl methyl sites for hydroxylation is 2. The lowest BCUT2D eigenvalue weighted by molar-refractivity contribution is 0.319. The molecule has 0 amide bonds. The van der Waals surface area contributed by atoms with Gasteiger partial charge in [0.05, 0.1) is 5.69 Å². The first-order valence-electron chi connectivity index (χ1n) is 6.18. The fourth-order valence-corrected chi connectivity index (χ4v) is 2.14. The zero-order valence-electron chi connectivity index (χ0n) is 11.5. The van der Waals surface area contributed by atoms with Gasteiger partial charge in [0.25, 0.3) is 0 Å². The predicted octanol–water partition coefficient (Wildman–Crippen LogP) is 2.08. The van der Waals surface area contributed by atoms with Gasteiger partial charge in [0.15, 0.2) is 0 Å². The summed E-state index contributed by atoms with van der Waals surface area (Å²) < 4.78 is 14.5. The van der Waals surface area contributed by atoms with E-state index in [1.807, 2.05) is 21.0 Å². The summed E-state index contributed by atoms with van der Waals surface area (Å²) in [5.41, 5.74) is 9.06. The smallest absolute Gasteiger partial charge is 0.126 e. The van der Waals surface area contributed by atoms with Gasteiger partial charge in [0.1, 0.15) is 11.6 Å². The molecule has 5 heteroatoms. The Morgan fingerprint density at radius 1 is 1.26 bits per heavy atom. The fraction of sp³-hybridized carbons (Fsp3) is 0.357. The van der Waals surface area contributed by atoms with Gasteiger partial charge >= 0.3 is 0 Å². The summed E-state index contributed by atoms with van der Waals surface area (Å²) in [6, 6.07) is 6.55. The number of nitrogen functional groups attached to an aromatic ring is 1. The maximum atomic E-state index is 12.8. The molecule has 0 unspecified atom stereocenters. The number of nitrogens with two attached hydrogens (primary N) is 1. The number of hydrogen-bond donors (Lipinski definition) is 1. The summed E-state index contributed by atoms with van der Waals surface area (Å²) in [7, 11) is 3.85. The molecule has 0 bridgehead atoms. The lowest BCUT2D eigenvalue weighted by Gasteiger charge is -2.16. The van der Waals surface area contributed by atoms with E-state index in [9.17, 15) is 4.39 Å². The SMILES string of the molecule is Cc1nn(C)c(N)c1CN(C)Cc1ccc(F)cc1. The second-order valence-corrected chi connectivity index (χ2v) is 4.87. The number of rotatable bonds is 4. The molecule has 2 rings (SSSR count). The molecule has 4 nitrogen and oxygen atoms in total. The molecule has 0 aliphatic rings. The summed E-state index contributed by atoms with van der Waals surface area (Å²) in [5.74, 6) is 0.488. The minimum Gasteiger partial charge on any atom is -0.384 e. The standard InChI is InChI=1S/C14H19FN4/c1-10-13(14(16)19(3)17-10)9-18(2)8-11-4-6-12(15)7-5-11/h4-7H,8-9,16H2,1-3H3. The first-order chi connectivity index (χ1) is 8.97. The number of nitrogens with zero attached hydrogens (tertiary/aromatic N) is 3. The summed E-state index contributed by atoms with van der Waals surface area (Å²) in [5, 5.41) is 4.30. The first-order valence-corrected chi connectivity index (χ1v) is 6.18. The lowest BCUT2D eigenvalue weighted by Crippen LogP contribution is -2.18. The Hall–Kier alpha value is -1.88. The monoisotopic (exact) mass is 262 g/mol. The Balaban J connectivity index is 2.05. The van der Waals surface area contributed by atoms with Crippen LogP contribution in [0, 0.1) is 12.7 Å². The van der Waals surface area contributed by atoms with Crippen molar-refractivity contribution in [2.24, 2.45) is 7.05 Å². The Morgan fingerprint density at radius 3 is 2.42 bits per heavy atom. The minimum atomic E-state index is -0.209. The van der Waals surface area contributed by atoms with Crippen LogP contribution in [0.1, 0.15) is 16.8 Å². The highest BCUT2D eigenvalue weighted by atomic mass is 19.1. The molecule has 102 valence electrons. The van der Waals surface area contributed by atoms with Crippen molar-refractivity contribution in [3.63, 3.8) is 0 Å². The van der Waals surface area contributed by atoms with Crippen LogP contribution in [-0.4, -0.2) is 21.7 Å². The molecule has 19 heavy (non-hydrogen) atoms. The van der Waals surface area contributed by atoms with E-state index >= 15 is 0 Å². The minimum absolute atomic E-state index is 0.209. The van der Waals surface area contributed by atoms with E-state index < -0.39 is 0 Å². The van der Waals surface area contributed by atoms with Crippen molar-refractivity contribution in [2.45, 2.75) is 20.0 Å². The highest BCUT2D eigenvalue weighted by Gasteiger charge is 2.12. The molecule has 1 aromatic carbocycles. The third-order valence-corrected chi connectivity index (χ3v) is 3.19. The number of anilines is 1. The maximum Gasteiger partial charge on any atom is 0.126 e. The Labute approximate surface area is 112 Å². The lowest BCUT2D eigenvalue weighted by atomic mass is 10.2. The molecule has 1 aromatic heterocycles. The molecular weight excluding hydrogens is 243 g/mol. The van der Waals surface area contributed by atoms with Crippen molar-refractivity contribution < 1.29 is 4.39 Å². The normalized spacial score (nSPS) is 11.2. The van der Waals surface area contributed by atoms with Gasteiger partial charge in [-0.05, 0) is 31.7 Å². The third-order valence-electron chi connectivity index (χ3n) is 3.19. The Kier molecular flexibility index (Phi) is 3.85. The van der Waals surface area contributed by atoms with E-state index in [0.717, 1.165) is 29.9 Å². The second-order valence-electron chi connectivity index (χ2n) is 4.87. The summed E-state index contributed by atoms with van der Waals surface area (Å²) in [6.45, 7) is 3.42. The van der Waals surface area contributed by atoms with Crippen molar-refractivity contribution in [1.82, 2.24) is 14.7 Å². The van der Waals surface area contributed by atoms with Gasteiger partial charge in [-0.2, -0.15) is 5.10 Å². The zero-order chi connectivity index (χ0) is 14.0. The van der Waals surface area contributed by atoms with Crippen LogP contribution in [0.15, 0.2) is 24.3 Å². The zero-order valence-corrected chi connectivity index (χ0v) is 11.5. The molecule has 0 aliphatic carbocycles. The van der Waals surface area contributed by atoms with Crippen molar-refractivity contribution in [2.75, 3.05) is 12.8 Å². The molecule has 2 aromatic rings. The molecule has 2 N–H and O–H groups in total. The molecule has 0 saturated heterocycles. The van der Waals surface area contributed by atoms with Crippen LogP contribution < -0.4 is 5.73 Å². The van der Waals surface area contributed by atoms with Gasteiger partial charge < -0.3 is 5.73 Å². The number of aromatic nitrogens is 2. The summed E-state index contributed by atoms with van der Waals surface area (Å²) >= 11 is 0. The van der Waals surface area contributed by atoms with E-state index in [1.54, 1.807) is 16.8 Å². The van der Waals surface area contributed by atoms with Gasteiger partial charge in [-0.25, -0.2) is 4.39 Å². The number of hydrogen-bond acceptors (Lipinski definition) is 3. The fourth-order valence-electron chi connectivity index (χ4n) is 2.14. The quantitative estimate of drug-likeness (QED) is 0.917. The van der Waals surface area contributed by atoms with E-state index in [0.29, 0.717) is 5.82 Å². The Bertz CT molecular complexity index is 560. The topological polar surface area (TPSA) is 47.1 Å². The average molecular weight is 262 g/mol. The number of halogens is 1. The largest absolute Gasteiger partial charge is 0.384 e. The van der Waals surface area contributed by atoms with Crippen LogP contribution >= 0.6 is 0 Å². The summed E-state index contributed by atoms with van der Waals surface area (Å²) in [4.78, 5) is 2.13. The van der Waals surface area contributed by atoms with Gasteiger partial charge in [-0.1, -0.05) is 12.1 Å². The van der Waals surface area contributed by atoms with Crippen LogP contribution in [0.4, 0.5) is 10.2 Å². The highest BCUT2D eigenvalue weighted by Crippen LogP contribution is 2.18.